The molecule has 2 aromatic rings. The molecule has 0 aromatic carbocycles. The molecule has 0 aliphatic carbocycles. The Morgan fingerprint density at radius 2 is 2.04 bits per heavy atom. The molecule has 0 spiro atoms. The second-order valence-electron chi connectivity index (χ2n) is 7.56. The zero-order chi connectivity index (χ0) is 20.7. The van der Waals surface area contributed by atoms with Gasteiger partial charge >= 0.3 is 0 Å². The minimum atomic E-state index is -0.570. The Labute approximate surface area is 168 Å². The Balaban J connectivity index is 2.50. The van der Waals surface area contributed by atoms with E-state index in [-0.39, 0.29) is 23.8 Å². The summed E-state index contributed by atoms with van der Waals surface area (Å²) in [4.78, 5) is 41.8. The highest BCUT2D eigenvalue weighted by Crippen LogP contribution is 2.14. The second kappa shape index (κ2) is 9.59. The van der Waals surface area contributed by atoms with E-state index in [1.54, 1.807) is 24.4 Å². The Kier molecular flexibility index (Phi) is 7.45. The number of amides is 1. The number of thiazole rings is 1. The second-order valence-corrected chi connectivity index (χ2v) is 8.62. The summed E-state index contributed by atoms with van der Waals surface area (Å²) in [6.45, 7) is 7.96. The third-order valence-electron chi connectivity index (χ3n) is 4.05. The van der Waals surface area contributed by atoms with Crippen LogP contribution >= 0.6 is 11.3 Å². The van der Waals surface area contributed by atoms with Crippen LogP contribution in [-0.4, -0.2) is 27.8 Å². The number of unbranched alkanes of at least 4 members (excludes halogenated alkanes) is 1. The van der Waals surface area contributed by atoms with Crippen LogP contribution in [0.15, 0.2) is 29.2 Å². The molecule has 0 atom stereocenters. The lowest BCUT2D eigenvalue weighted by Gasteiger charge is -2.13. The fourth-order valence-corrected chi connectivity index (χ4v) is 3.35. The number of nitrogens with one attached hydrogen (secondary N) is 1. The van der Waals surface area contributed by atoms with Crippen LogP contribution in [0.3, 0.4) is 0 Å². The molecule has 0 unspecified atom stereocenters. The highest BCUT2D eigenvalue weighted by atomic mass is 32.1. The van der Waals surface area contributed by atoms with Crippen molar-refractivity contribution >= 4 is 35.2 Å². The number of ketones is 1. The van der Waals surface area contributed by atoms with E-state index < -0.39 is 5.41 Å². The minimum absolute atomic E-state index is 0.0988. The third-order valence-corrected chi connectivity index (χ3v) is 5.11. The van der Waals surface area contributed by atoms with Crippen molar-refractivity contribution in [2.45, 2.75) is 47.1 Å². The lowest BCUT2D eigenvalue weighted by molar-refractivity contribution is -0.122. The molecular weight excluding hydrogens is 374 g/mol. The molecule has 2 rings (SSSR count). The van der Waals surface area contributed by atoms with Gasteiger partial charge < -0.3 is 5.32 Å². The maximum atomic E-state index is 12.9. The largest absolute Gasteiger partial charge is 0.355 e. The van der Waals surface area contributed by atoms with E-state index in [9.17, 15) is 14.4 Å². The average molecular weight is 402 g/mol. The fraction of sp³-hybridized carbons (Fsp3) is 0.429. The first-order valence-electron chi connectivity index (χ1n) is 9.37. The highest BCUT2D eigenvalue weighted by Gasteiger charge is 2.20. The van der Waals surface area contributed by atoms with Gasteiger partial charge in [0.1, 0.15) is 11.2 Å². The molecule has 2 heterocycles. The zero-order valence-electron chi connectivity index (χ0n) is 16.8. The van der Waals surface area contributed by atoms with Crippen LogP contribution in [0.25, 0.3) is 12.2 Å². The standard InChI is InChI=1S/C21H27N3O3S/c1-5-6-10-23-18(26)14-24-19(13-17(25)21(2,3)4)28-16(20(24)27)12-15-9-7-8-11-22-15/h7-9,11-13H,5-6,10,14H2,1-4H3,(H,23,26)/b16-12+,19-13-. The molecule has 0 aliphatic heterocycles. The van der Waals surface area contributed by atoms with Crippen molar-refractivity contribution in [1.29, 1.82) is 0 Å². The number of aromatic nitrogens is 2. The van der Waals surface area contributed by atoms with E-state index in [4.69, 9.17) is 0 Å². The van der Waals surface area contributed by atoms with Crippen LogP contribution in [0.5, 0.6) is 0 Å². The van der Waals surface area contributed by atoms with Crippen LogP contribution in [0.2, 0.25) is 0 Å². The number of hydrogen-bond acceptors (Lipinski definition) is 5. The first-order valence-corrected chi connectivity index (χ1v) is 10.2. The quantitative estimate of drug-likeness (QED) is 0.712. The lowest BCUT2D eigenvalue weighted by Crippen LogP contribution is -2.38. The maximum absolute atomic E-state index is 12.9. The van der Waals surface area contributed by atoms with Crippen LogP contribution in [0, 0.1) is 5.41 Å². The van der Waals surface area contributed by atoms with Gasteiger partial charge in [0.25, 0.3) is 5.56 Å². The number of rotatable bonds is 7. The monoisotopic (exact) mass is 401 g/mol. The first-order chi connectivity index (χ1) is 13.2. The van der Waals surface area contributed by atoms with E-state index in [1.807, 2.05) is 33.8 Å². The van der Waals surface area contributed by atoms with Crippen molar-refractivity contribution in [1.82, 2.24) is 14.9 Å². The normalized spacial score (nSPS) is 13.0. The van der Waals surface area contributed by atoms with Gasteiger partial charge in [-0.05, 0) is 24.6 Å². The number of pyridine rings is 1. The SMILES string of the molecule is CCCCNC(=O)Cn1c(=O)/c(=C\c2ccccn2)s/c1=C\C(=O)C(C)(C)C. The van der Waals surface area contributed by atoms with E-state index in [0.717, 1.165) is 12.8 Å². The summed E-state index contributed by atoms with van der Waals surface area (Å²) in [6.07, 6.45) is 6.64. The van der Waals surface area contributed by atoms with Crippen molar-refractivity contribution in [3.8, 4) is 0 Å². The zero-order valence-corrected chi connectivity index (χ0v) is 17.6. The van der Waals surface area contributed by atoms with Crippen molar-refractivity contribution < 1.29 is 9.59 Å². The molecule has 0 aliphatic rings. The van der Waals surface area contributed by atoms with Gasteiger partial charge in [-0.1, -0.05) is 40.2 Å². The summed E-state index contributed by atoms with van der Waals surface area (Å²) in [6, 6.07) is 5.43. The number of nitrogens with zero attached hydrogens (tertiary/aromatic N) is 2. The van der Waals surface area contributed by atoms with Crippen molar-refractivity contribution in [2.24, 2.45) is 5.41 Å². The first kappa shape index (κ1) is 21.8. The summed E-state index contributed by atoms with van der Waals surface area (Å²) in [5.74, 6) is -0.339. The Bertz CT molecular complexity index is 998. The van der Waals surface area contributed by atoms with Gasteiger partial charge in [-0.25, -0.2) is 0 Å². The van der Waals surface area contributed by atoms with Crippen LogP contribution in [0.4, 0.5) is 0 Å². The molecular formula is C21H27N3O3S. The summed E-state index contributed by atoms with van der Waals surface area (Å²) >= 11 is 1.19. The van der Waals surface area contributed by atoms with Gasteiger partial charge in [-0.3, -0.25) is 23.9 Å². The summed E-state index contributed by atoms with van der Waals surface area (Å²) in [7, 11) is 0. The number of hydrogen-bond donors (Lipinski definition) is 1. The summed E-state index contributed by atoms with van der Waals surface area (Å²) in [5.41, 5.74) is -0.220. The fourth-order valence-electron chi connectivity index (χ4n) is 2.32. The Hall–Kier alpha value is -2.54. The third kappa shape index (κ3) is 5.99. The van der Waals surface area contributed by atoms with E-state index >= 15 is 0 Å². The molecule has 2 aromatic heterocycles. The smallest absolute Gasteiger partial charge is 0.269 e. The van der Waals surface area contributed by atoms with Crippen LogP contribution in [0.1, 0.15) is 46.2 Å². The molecule has 1 amide bonds. The van der Waals surface area contributed by atoms with Gasteiger partial charge in [0.15, 0.2) is 5.78 Å². The van der Waals surface area contributed by atoms with Crippen molar-refractivity contribution in [3.63, 3.8) is 0 Å². The Morgan fingerprint density at radius 1 is 1.29 bits per heavy atom. The Morgan fingerprint density at radius 3 is 2.64 bits per heavy atom. The van der Waals surface area contributed by atoms with E-state index in [2.05, 4.69) is 10.3 Å². The number of Topliss-reactive ketones (excluding diaryl/α,β-unsaturated/α-hetero) is 1. The van der Waals surface area contributed by atoms with Crippen LogP contribution < -0.4 is 20.1 Å². The predicted molar refractivity (Wildman–Crippen MR) is 112 cm³/mol. The van der Waals surface area contributed by atoms with Crippen LogP contribution in [-0.2, 0) is 16.1 Å². The van der Waals surface area contributed by atoms with Gasteiger partial charge in [-0.15, -0.1) is 11.3 Å². The average Bonchev–Trinajstić information content (AvgIpc) is 2.91. The minimum Gasteiger partial charge on any atom is -0.355 e. The topological polar surface area (TPSA) is 81.1 Å². The van der Waals surface area contributed by atoms with E-state index in [1.165, 1.54) is 22.0 Å². The maximum Gasteiger partial charge on any atom is 0.269 e. The molecule has 0 saturated heterocycles. The van der Waals surface area contributed by atoms with Crippen molar-refractivity contribution in [3.05, 3.63) is 49.6 Å². The number of carbonyl (C=O) groups is 2. The van der Waals surface area contributed by atoms with E-state index in [0.29, 0.717) is 21.4 Å². The summed E-state index contributed by atoms with van der Waals surface area (Å²) < 4.78 is 2.27. The van der Waals surface area contributed by atoms with Crippen molar-refractivity contribution in [2.75, 3.05) is 6.54 Å². The molecule has 28 heavy (non-hydrogen) atoms. The van der Waals surface area contributed by atoms with Gasteiger partial charge in [-0.2, -0.15) is 0 Å². The summed E-state index contributed by atoms with van der Waals surface area (Å²) in [5, 5.41) is 2.81. The molecule has 150 valence electrons. The molecule has 0 saturated carbocycles. The predicted octanol–water partition coefficient (Wildman–Crippen LogP) is 1.45. The molecule has 0 radical (unpaired) electrons. The molecule has 6 nitrogen and oxygen atoms in total. The molecule has 7 heteroatoms. The highest BCUT2D eigenvalue weighted by molar-refractivity contribution is 7.07. The number of carbonyl (C=O) groups excluding carboxylic acids is 2. The lowest BCUT2D eigenvalue weighted by atomic mass is 9.91. The van der Waals surface area contributed by atoms with Gasteiger partial charge in [0.05, 0.1) is 10.2 Å². The molecule has 0 bridgehead atoms. The molecule has 1 N–H and O–H groups in total. The van der Waals surface area contributed by atoms with Gasteiger partial charge in [0, 0.05) is 24.2 Å². The van der Waals surface area contributed by atoms with Gasteiger partial charge in [0.2, 0.25) is 5.91 Å². The molecule has 0 fully saturated rings.